The van der Waals surface area contributed by atoms with Gasteiger partial charge in [-0.2, -0.15) is 0 Å². The quantitative estimate of drug-likeness (QED) is 0.821. The van der Waals surface area contributed by atoms with Crippen molar-refractivity contribution in [1.82, 2.24) is 4.90 Å². The maximum Gasteiger partial charge on any atom is 0.313 e. The fourth-order valence-corrected chi connectivity index (χ4v) is 3.10. The summed E-state index contributed by atoms with van der Waals surface area (Å²) in [7, 11) is 0. The number of halogens is 2. The lowest BCUT2D eigenvalue weighted by molar-refractivity contribution is -0.143. The van der Waals surface area contributed by atoms with E-state index in [0.717, 1.165) is 0 Å². The summed E-state index contributed by atoms with van der Waals surface area (Å²) >= 11 is 6.03. The second kappa shape index (κ2) is 7.74. The van der Waals surface area contributed by atoms with E-state index in [1.54, 1.807) is 43.3 Å². The summed E-state index contributed by atoms with van der Waals surface area (Å²) in [5, 5.41) is 3.13. The first-order valence-corrected chi connectivity index (χ1v) is 8.70. The number of carbonyl (C=O) groups is 2. The van der Waals surface area contributed by atoms with Gasteiger partial charge in [-0.1, -0.05) is 29.8 Å². The third kappa shape index (κ3) is 3.80. The van der Waals surface area contributed by atoms with Gasteiger partial charge in [-0.15, -0.1) is 0 Å². The van der Waals surface area contributed by atoms with Crippen LogP contribution in [-0.2, 0) is 9.59 Å². The molecule has 2 aromatic carbocycles. The molecule has 5 nitrogen and oxygen atoms in total. The molecule has 1 aliphatic rings. The predicted octanol–water partition coefficient (Wildman–Crippen LogP) is 3.07. The summed E-state index contributed by atoms with van der Waals surface area (Å²) in [6.45, 7) is 3.42. The zero-order valence-corrected chi connectivity index (χ0v) is 15.1. The zero-order chi connectivity index (χ0) is 18.7. The molecule has 26 heavy (non-hydrogen) atoms. The first-order chi connectivity index (χ1) is 12.5. The SMILES string of the molecule is Cc1c(Cl)cccc1NC(=O)C(=O)N1CCN(c2ccccc2F)CC1. The fraction of sp³-hybridized carbons (Fsp3) is 0.263. The number of nitrogens with one attached hydrogen (secondary N) is 1. The Morgan fingerprint density at radius 1 is 1.04 bits per heavy atom. The Morgan fingerprint density at radius 2 is 1.73 bits per heavy atom. The maximum absolute atomic E-state index is 13.9. The van der Waals surface area contributed by atoms with Crippen molar-refractivity contribution in [3.8, 4) is 0 Å². The van der Waals surface area contributed by atoms with Crippen LogP contribution >= 0.6 is 11.6 Å². The van der Waals surface area contributed by atoms with E-state index in [4.69, 9.17) is 11.6 Å². The molecule has 0 radical (unpaired) electrons. The van der Waals surface area contributed by atoms with Crippen molar-refractivity contribution < 1.29 is 14.0 Å². The smallest absolute Gasteiger partial charge is 0.313 e. The lowest BCUT2D eigenvalue weighted by Crippen LogP contribution is -2.51. The molecule has 2 aromatic rings. The van der Waals surface area contributed by atoms with Gasteiger partial charge in [0, 0.05) is 36.9 Å². The van der Waals surface area contributed by atoms with Crippen molar-refractivity contribution in [2.45, 2.75) is 6.92 Å². The fourth-order valence-electron chi connectivity index (χ4n) is 2.92. The summed E-state index contributed by atoms with van der Waals surface area (Å²) in [4.78, 5) is 28.0. The predicted molar refractivity (Wildman–Crippen MR) is 100 cm³/mol. The van der Waals surface area contributed by atoms with E-state index in [0.29, 0.717) is 48.1 Å². The average molecular weight is 376 g/mol. The summed E-state index contributed by atoms with van der Waals surface area (Å²) in [5.74, 6) is -1.59. The van der Waals surface area contributed by atoms with Crippen molar-refractivity contribution in [3.05, 3.63) is 58.9 Å². The molecule has 0 unspecified atom stereocenters. The number of para-hydroxylation sites is 1. The highest BCUT2D eigenvalue weighted by atomic mass is 35.5. The Kier molecular flexibility index (Phi) is 5.42. The monoisotopic (exact) mass is 375 g/mol. The van der Waals surface area contributed by atoms with Gasteiger partial charge in [0.2, 0.25) is 0 Å². The standard InChI is InChI=1S/C19H19ClFN3O2/c1-13-14(20)5-4-7-16(13)22-18(25)19(26)24-11-9-23(10-12-24)17-8-3-2-6-15(17)21/h2-8H,9-12H2,1H3,(H,22,25). The van der Waals surface area contributed by atoms with Crippen molar-refractivity contribution in [2.75, 3.05) is 36.4 Å². The van der Waals surface area contributed by atoms with Crippen molar-refractivity contribution in [1.29, 1.82) is 0 Å². The summed E-state index contributed by atoms with van der Waals surface area (Å²) in [5.41, 5.74) is 1.74. The Morgan fingerprint density at radius 3 is 2.42 bits per heavy atom. The van der Waals surface area contributed by atoms with Gasteiger partial charge in [0.1, 0.15) is 5.82 Å². The molecule has 136 valence electrons. The minimum absolute atomic E-state index is 0.290. The van der Waals surface area contributed by atoms with Gasteiger partial charge in [-0.05, 0) is 36.8 Å². The third-order valence-electron chi connectivity index (χ3n) is 4.47. The molecule has 0 spiro atoms. The minimum Gasteiger partial charge on any atom is -0.366 e. The minimum atomic E-state index is -0.699. The van der Waals surface area contributed by atoms with Crippen LogP contribution in [0.3, 0.4) is 0 Å². The van der Waals surface area contributed by atoms with Crippen LogP contribution in [-0.4, -0.2) is 42.9 Å². The number of hydrogen-bond donors (Lipinski definition) is 1. The van der Waals surface area contributed by atoms with E-state index in [-0.39, 0.29) is 5.82 Å². The first-order valence-electron chi connectivity index (χ1n) is 8.32. The molecule has 3 rings (SSSR count). The maximum atomic E-state index is 13.9. The molecule has 7 heteroatoms. The number of hydrogen-bond acceptors (Lipinski definition) is 3. The van der Waals surface area contributed by atoms with E-state index in [9.17, 15) is 14.0 Å². The van der Waals surface area contributed by atoms with Gasteiger partial charge in [-0.3, -0.25) is 9.59 Å². The van der Waals surface area contributed by atoms with Crippen LogP contribution in [0.4, 0.5) is 15.8 Å². The molecule has 1 fully saturated rings. The van der Waals surface area contributed by atoms with Crippen LogP contribution in [0.15, 0.2) is 42.5 Å². The molecule has 0 saturated carbocycles. The van der Waals surface area contributed by atoms with Crippen molar-refractivity contribution in [3.63, 3.8) is 0 Å². The molecule has 1 heterocycles. The molecular formula is C19H19ClFN3O2. The Labute approximate surface area is 156 Å². The Balaban J connectivity index is 1.60. The lowest BCUT2D eigenvalue weighted by atomic mass is 10.2. The molecular weight excluding hydrogens is 357 g/mol. The normalized spacial score (nSPS) is 14.3. The highest BCUT2D eigenvalue weighted by Crippen LogP contribution is 2.23. The first kappa shape index (κ1) is 18.2. The number of anilines is 2. The van der Waals surface area contributed by atoms with Crippen LogP contribution < -0.4 is 10.2 Å². The van der Waals surface area contributed by atoms with Crippen LogP contribution in [0.25, 0.3) is 0 Å². The van der Waals surface area contributed by atoms with Crippen LogP contribution in [0.1, 0.15) is 5.56 Å². The highest BCUT2D eigenvalue weighted by molar-refractivity contribution is 6.40. The topological polar surface area (TPSA) is 52.7 Å². The van der Waals surface area contributed by atoms with Gasteiger partial charge in [0.25, 0.3) is 0 Å². The van der Waals surface area contributed by atoms with Crippen LogP contribution in [0.2, 0.25) is 5.02 Å². The molecule has 0 aliphatic carbocycles. The van der Waals surface area contributed by atoms with E-state index in [1.165, 1.54) is 11.0 Å². The second-order valence-corrected chi connectivity index (χ2v) is 6.50. The third-order valence-corrected chi connectivity index (χ3v) is 4.88. The summed E-state index contributed by atoms with van der Waals surface area (Å²) < 4.78 is 13.9. The van der Waals surface area contributed by atoms with Gasteiger partial charge in [0.05, 0.1) is 5.69 Å². The van der Waals surface area contributed by atoms with Gasteiger partial charge in [0.15, 0.2) is 0 Å². The van der Waals surface area contributed by atoms with Gasteiger partial charge >= 0.3 is 11.8 Å². The number of nitrogens with zero attached hydrogens (tertiary/aromatic N) is 2. The average Bonchev–Trinajstić information content (AvgIpc) is 2.65. The lowest BCUT2D eigenvalue weighted by Gasteiger charge is -2.35. The van der Waals surface area contributed by atoms with Crippen molar-refractivity contribution >= 4 is 34.8 Å². The number of amides is 2. The Hall–Kier alpha value is -2.60. The van der Waals surface area contributed by atoms with Crippen molar-refractivity contribution in [2.24, 2.45) is 0 Å². The molecule has 1 saturated heterocycles. The zero-order valence-electron chi connectivity index (χ0n) is 14.3. The largest absolute Gasteiger partial charge is 0.366 e. The summed E-state index contributed by atoms with van der Waals surface area (Å²) in [6.07, 6.45) is 0. The second-order valence-electron chi connectivity index (χ2n) is 6.10. The van der Waals surface area contributed by atoms with Gasteiger partial charge in [-0.25, -0.2) is 4.39 Å². The number of benzene rings is 2. The molecule has 2 amide bonds. The van der Waals surface area contributed by atoms with E-state index in [1.807, 2.05) is 4.90 Å². The van der Waals surface area contributed by atoms with Crippen LogP contribution in [0.5, 0.6) is 0 Å². The highest BCUT2D eigenvalue weighted by Gasteiger charge is 2.27. The number of piperazine rings is 1. The van der Waals surface area contributed by atoms with Gasteiger partial charge < -0.3 is 15.1 Å². The molecule has 0 aromatic heterocycles. The molecule has 1 N–H and O–H groups in total. The molecule has 0 bridgehead atoms. The molecule has 0 atom stereocenters. The Bertz CT molecular complexity index is 835. The number of carbonyl (C=O) groups excluding carboxylic acids is 2. The molecule has 1 aliphatic heterocycles. The van der Waals surface area contributed by atoms with E-state index >= 15 is 0 Å². The summed E-state index contributed by atoms with van der Waals surface area (Å²) in [6, 6.07) is 11.7. The van der Waals surface area contributed by atoms with Crippen LogP contribution in [0, 0.1) is 12.7 Å². The van der Waals surface area contributed by atoms with E-state index < -0.39 is 11.8 Å². The van der Waals surface area contributed by atoms with E-state index in [2.05, 4.69) is 5.32 Å². The number of rotatable bonds is 2.